The highest BCUT2D eigenvalue weighted by molar-refractivity contribution is 8.04. The maximum atomic E-state index is 2.19. The standard InChI is InChI=1S/C6H8S.C2H6/c1-6-2-4-7-5-3-6;1-2/h2-6H,1H3;1-2H3. The summed E-state index contributed by atoms with van der Waals surface area (Å²) < 4.78 is 0. The minimum Gasteiger partial charge on any atom is -0.107 e. The molecule has 0 radical (unpaired) electrons. The Morgan fingerprint density at radius 2 is 1.56 bits per heavy atom. The van der Waals surface area contributed by atoms with Crippen LogP contribution < -0.4 is 0 Å². The maximum Gasteiger partial charge on any atom is -0.00653 e. The van der Waals surface area contributed by atoms with Crippen LogP contribution in [0, 0.1) is 5.92 Å². The zero-order chi connectivity index (χ0) is 7.11. The fourth-order valence-corrected chi connectivity index (χ4v) is 1.22. The van der Waals surface area contributed by atoms with E-state index in [0.29, 0.717) is 5.92 Å². The summed E-state index contributed by atoms with van der Waals surface area (Å²) in [7, 11) is 0. The quantitative estimate of drug-likeness (QED) is 0.499. The van der Waals surface area contributed by atoms with Crippen molar-refractivity contribution in [1.29, 1.82) is 0 Å². The molecule has 0 unspecified atom stereocenters. The summed E-state index contributed by atoms with van der Waals surface area (Å²) in [6.45, 7) is 6.17. The van der Waals surface area contributed by atoms with Gasteiger partial charge in [-0.2, -0.15) is 0 Å². The van der Waals surface area contributed by atoms with E-state index < -0.39 is 0 Å². The summed E-state index contributed by atoms with van der Waals surface area (Å²) in [4.78, 5) is 0. The SMILES string of the molecule is CC.CC1C=CSC=C1. The molecule has 0 nitrogen and oxygen atoms in total. The molecule has 0 saturated carbocycles. The van der Waals surface area contributed by atoms with Crippen molar-refractivity contribution in [3.8, 4) is 0 Å². The van der Waals surface area contributed by atoms with Crippen molar-refractivity contribution >= 4 is 11.8 Å². The van der Waals surface area contributed by atoms with Crippen molar-refractivity contribution < 1.29 is 0 Å². The molecule has 52 valence electrons. The summed E-state index contributed by atoms with van der Waals surface area (Å²) >= 11 is 1.74. The van der Waals surface area contributed by atoms with Gasteiger partial charge in [0.1, 0.15) is 0 Å². The Kier molecular flexibility index (Phi) is 5.85. The van der Waals surface area contributed by atoms with Crippen LogP contribution in [0.4, 0.5) is 0 Å². The Morgan fingerprint density at radius 1 is 1.11 bits per heavy atom. The maximum absolute atomic E-state index is 2.19. The molecule has 0 N–H and O–H groups in total. The molecule has 1 heterocycles. The Bertz CT molecular complexity index is 91.1. The summed E-state index contributed by atoms with van der Waals surface area (Å²) in [5.74, 6) is 0.654. The summed E-state index contributed by atoms with van der Waals surface area (Å²) in [6.07, 6.45) is 4.37. The van der Waals surface area contributed by atoms with Crippen molar-refractivity contribution in [1.82, 2.24) is 0 Å². The van der Waals surface area contributed by atoms with Crippen LogP contribution in [-0.2, 0) is 0 Å². The first-order chi connectivity index (χ1) is 4.39. The van der Waals surface area contributed by atoms with E-state index in [1.54, 1.807) is 11.8 Å². The van der Waals surface area contributed by atoms with Gasteiger partial charge in [-0.3, -0.25) is 0 Å². The van der Waals surface area contributed by atoms with Crippen LogP contribution in [0.5, 0.6) is 0 Å². The van der Waals surface area contributed by atoms with E-state index >= 15 is 0 Å². The van der Waals surface area contributed by atoms with E-state index in [4.69, 9.17) is 0 Å². The molecule has 0 aromatic rings. The van der Waals surface area contributed by atoms with Crippen molar-refractivity contribution in [2.75, 3.05) is 0 Å². The van der Waals surface area contributed by atoms with Gasteiger partial charge in [-0.05, 0) is 16.7 Å². The van der Waals surface area contributed by atoms with Gasteiger partial charge in [-0.1, -0.05) is 32.9 Å². The normalized spacial score (nSPS) is 16.8. The number of allylic oxidation sites excluding steroid dienone is 2. The molecule has 1 rings (SSSR count). The minimum absolute atomic E-state index is 0.654. The molecule has 0 saturated heterocycles. The van der Waals surface area contributed by atoms with Gasteiger partial charge in [0.05, 0.1) is 0 Å². The third-order valence-corrected chi connectivity index (χ3v) is 1.55. The molecular formula is C8H14S. The van der Waals surface area contributed by atoms with E-state index in [-0.39, 0.29) is 0 Å². The second-order valence-electron chi connectivity index (χ2n) is 1.65. The van der Waals surface area contributed by atoms with Gasteiger partial charge >= 0.3 is 0 Å². The second-order valence-corrected chi connectivity index (χ2v) is 2.47. The first-order valence-electron chi connectivity index (χ1n) is 3.38. The average Bonchev–Trinajstić information content (AvgIpc) is 1.94. The van der Waals surface area contributed by atoms with Crippen LogP contribution in [0.1, 0.15) is 20.8 Å². The van der Waals surface area contributed by atoms with Crippen molar-refractivity contribution in [2.45, 2.75) is 20.8 Å². The molecule has 0 aliphatic carbocycles. The van der Waals surface area contributed by atoms with E-state index in [1.165, 1.54) is 0 Å². The Hall–Kier alpha value is -0.170. The Labute approximate surface area is 62.0 Å². The van der Waals surface area contributed by atoms with Crippen LogP contribution in [0.15, 0.2) is 23.0 Å². The molecule has 1 heteroatoms. The average molecular weight is 142 g/mol. The highest BCUT2D eigenvalue weighted by Crippen LogP contribution is 2.15. The second kappa shape index (κ2) is 5.96. The fourth-order valence-electron chi connectivity index (χ4n) is 0.448. The van der Waals surface area contributed by atoms with Gasteiger partial charge in [0.25, 0.3) is 0 Å². The topological polar surface area (TPSA) is 0 Å². The zero-order valence-electron chi connectivity index (χ0n) is 6.29. The fraction of sp³-hybridized carbons (Fsp3) is 0.500. The number of thioether (sulfide) groups is 1. The summed E-state index contributed by atoms with van der Waals surface area (Å²) in [5, 5.41) is 4.23. The highest BCUT2D eigenvalue weighted by Gasteiger charge is 1.90. The van der Waals surface area contributed by atoms with Crippen molar-refractivity contribution in [3.05, 3.63) is 23.0 Å². The van der Waals surface area contributed by atoms with E-state index in [0.717, 1.165) is 0 Å². The van der Waals surface area contributed by atoms with E-state index in [1.807, 2.05) is 13.8 Å². The Balaban J connectivity index is 0.000000291. The third-order valence-electron chi connectivity index (χ3n) is 0.921. The molecule has 1 aliphatic heterocycles. The van der Waals surface area contributed by atoms with Crippen molar-refractivity contribution in [2.24, 2.45) is 5.92 Å². The zero-order valence-corrected chi connectivity index (χ0v) is 7.11. The monoisotopic (exact) mass is 142 g/mol. The molecule has 9 heavy (non-hydrogen) atoms. The lowest BCUT2D eigenvalue weighted by atomic mass is 10.2. The van der Waals surface area contributed by atoms with Crippen LogP contribution in [0.25, 0.3) is 0 Å². The lowest BCUT2D eigenvalue weighted by molar-refractivity contribution is 0.943. The van der Waals surface area contributed by atoms with Crippen LogP contribution in [0.2, 0.25) is 0 Å². The summed E-state index contributed by atoms with van der Waals surface area (Å²) in [6, 6.07) is 0. The molecule has 0 aromatic heterocycles. The van der Waals surface area contributed by atoms with Gasteiger partial charge in [0, 0.05) is 0 Å². The van der Waals surface area contributed by atoms with Crippen LogP contribution in [0.3, 0.4) is 0 Å². The molecular weight excluding hydrogens is 128 g/mol. The van der Waals surface area contributed by atoms with Gasteiger partial charge in [0.15, 0.2) is 0 Å². The smallest absolute Gasteiger partial charge is 0.00653 e. The van der Waals surface area contributed by atoms with Gasteiger partial charge < -0.3 is 0 Å². The predicted octanol–water partition coefficient (Wildman–Crippen LogP) is 3.42. The van der Waals surface area contributed by atoms with Gasteiger partial charge in [-0.15, -0.1) is 11.8 Å². The van der Waals surface area contributed by atoms with Gasteiger partial charge in [-0.25, -0.2) is 0 Å². The van der Waals surface area contributed by atoms with Crippen LogP contribution >= 0.6 is 11.8 Å². The molecule has 0 amide bonds. The molecule has 0 bridgehead atoms. The Morgan fingerprint density at radius 3 is 1.78 bits per heavy atom. The molecule has 0 fully saturated rings. The summed E-state index contributed by atoms with van der Waals surface area (Å²) in [5.41, 5.74) is 0. The first-order valence-corrected chi connectivity index (χ1v) is 4.32. The third kappa shape index (κ3) is 4.34. The highest BCUT2D eigenvalue weighted by atomic mass is 32.2. The van der Waals surface area contributed by atoms with E-state index in [2.05, 4.69) is 29.9 Å². The predicted molar refractivity (Wildman–Crippen MR) is 46.4 cm³/mol. The van der Waals surface area contributed by atoms with Gasteiger partial charge in [0.2, 0.25) is 0 Å². The van der Waals surface area contributed by atoms with Crippen LogP contribution in [-0.4, -0.2) is 0 Å². The lowest BCUT2D eigenvalue weighted by Gasteiger charge is -1.99. The minimum atomic E-state index is 0.654. The lowest BCUT2D eigenvalue weighted by Crippen LogP contribution is -1.81. The first kappa shape index (κ1) is 8.83. The molecule has 1 aliphatic rings. The number of hydrogen-bond acceptors (Lipinski definition) is 1. The molecule has 0 aromatic carbocycles. The number of rotatable bonds is 0. The molecule has 0 atom stereocenters. The van der Waals surface area contributed by atoms with E-state index in [9.17, 15) is 0 Å². The molecule has 0 spiro atoms. The number of hydrogen-bond donors (Lipinski definition) is 0. The largest absolute Gasteiger partial charge is 0.107 e. The van der Waals surface area contributed by atoms with Crippen molar-refractivity contribution in [3.63, 3.8) is 0 Å².